The number of methoxy groups -OCH3 is 1. The molecule has 0 radical (unpaired) electrons. The fraction of sp³-hybridized carbons (Fsp3) is 0.240. The van der Waals surface area contributed by atoms with Crippen LogP contribution in [0.1, 0.15) is 20.8 Å². The molecule has 1 aromatic heterocycles. The quantitative estimate of drug-likeness (QED) is 0.626. The minimum Gasteiger partial charge on any atom is -0.496 e. The van der Waals surface area contributed by atoms with E-state index in [9.17, 15) is 14.4 Å². The molecule has 0 saturated carbocycles. The summed E-state index contributed by atoms with van der Waals surface area (Å²) < 4.78 is 7.21. The summed E-state index contributed by atoms with van der Waals surface area (Å²) in [5, 5.41) is 3.42. The van der Waals surface area contributed by atoms with Crippen LogP contribution < -0.4 is 10.1 Å². The lowest BCUT2D eigenvalue weighted by molar-refractivity contribution is -0.121. The van der Waals surface area contributed by atoms with Gasteiger partial charge >= 0.3 is 0 Å². The molecule has 0 aliphatic carbocycles. The van der Waals surface area contributed by atoms with Gasteiger partial charge in [0.15, 0.2) is 0 Å². The van der Waals surface area contributed by atoms with Crippen molar-refractivity contribution in [1.82, 2.24) is 14.4 Å². The van der Waals surface area contributed by atoms with Crippen LogP contribution in [0.5, 0.6) is 5.75 Å². The van der Waals surface area contributed by atoms with Crippen LogP contribution in [0.3, 0.4) is 0 Å². The smallest absolute Gasteiger partial charge is 0.270 e. The molecule has 0 spiro atoms. The molecule has 8 nitrogen and oxygen atoms in total. The number of nitrogens with zero attached hydrogens (tertiary/aromatic N) is 3. The maximum absolute atomic E-state index is 13.5. The van der Waals surface area contributed by atoms with Gasteiger partial charge in [0.05, 0.1) is 24.9 Å². The number of benzene rings is 2. The summed E-state index contributed by atoms with van der Waals surface area (Å²) in [6.07, 6.45) is 1.80. The van der Waals surface area contributed by atoms with Gasteiger partial charge in [0, 0.05) is 36.9 Å². The fourth-order valence-corrected chi connectivity index (χ4v) is 4.73. The molecule has 1 fully saturated rings. The standard InChI is InChI=1S/C25H23ClN4O4/c1-28-9-3-4-20(28)25(33)29-10-11-30-21(14-29)23(31)27-19-7-5-15(12-18(19)24(30)32)17-13-16(26)6-8-22(17)34-2/h3-9,12-13,21H,10-11,14H2,1-2H3,(H,27,31). The molecule has 0 bridgehead atoms. The molecule has 9 heteroatoms. The Morgan fingerprint density at radius 1 is 1.09 bits per heavy atom. The first-order chi connectivity index (χ1) is 16.4. The number of aromatic nitrogens is 1. The number of hydrogen-bond acceptors (Lipinski definition) is 4. The van der Waals surface area contributed by atoms with Crippen molar-refractivity contribution in [3.05, 3.63) is 71.0 Å². The second-order valence-electron chi connectivity index (χ2n) is 8.36. The van der Waals surface area contributed by atoms with Crippen LogP contribution in [-0.4, -0.2) is 64.9 Å². The van der Waals surface area contributed by atoms with E-state index >= 15 is 0 Å². The summed E-state index contributed by atoms with van der Waals surface area (Å²) in [4.78, 5) is 42.8. The molecule has 2 aliphatic heterocycles. The largest absolute Gasteiger partial charge is 0.496 e. The van der Waals surface area contributed by atoms with Gasteiger partial charge in [-0.1, -0.05) is 17.7 Å². The normalized spacial score (nSPS) is 17.6. The van der Waals surface area contributed by atoms with Gasteiger partial charge in [-0.05, 0) is 48.0 Å². The van der Waals surface area contributed by atoms with E-state index in [2.05, 4.69) is 5.32 Å². The number of halogens is 1. The Bertz CT molecular complexity index is 1320. The molecule has 3 heterocycles. The molecule has 5 rings (SSSR count). The van der Waals surface area contributed by atoms with Gasteiger partial charge in [0.1, 0.15) is 17.5 Å². The highest BCUT2D eigenvalue weighted by molar-refractivity contribution is 6.31. The van der Waals surface area contributed by atoms with E-state index in [1.165, 1.54) is 0 Å². The zero-order chi connectivity index (χ0) is 24.0. The molecular formula is C25H23ClN4O4. The van der Waals surface area contributed by atoms with E-state index in [0.717, 1.165) is 11.1 Å². The number of hydrogen-bond donors (Lipinski definition) is 1. The van der Waals surface area contributed by atoms with E-state index < -0.39 is 6.04 Å². The topological polar surface area (TPSA) is 83.9 Å². The highest BCUT2D eigenvalue weighted by Crippen LogP contribution is 2.36. The maximum atomic E-state index is 13.5. The zero-order valence-corrected chi connectivity index (χ0v) is 19.5. The van der Waals surface area contributed by atoms with Gasteiger partial charge in [-0.15, -0.1) is 0 Å². The van der Waals surface area contributed by atoms with Crippen molar-refractivity contribution in [2.45, 2.75) is 6.04 Å². The van der Waals surface area contributed by atoms with Crippen molar-refractivity contribution in [1.29, 1.82) is 0 Å². The number of piperazine rings is 1. The summed E-state index contributed by atoms with van der Waals surface area (Å²) >= 11 is 6.20. The van der Waals surface area contributed by atoms with Crippen molar-refractivity contribution >= 4 is 35.0 Å². The van der Waals surface area contributed by atoms with E-state index in [1.807, 2.05) is 6.07 Å². The second-order valence-corrected chi connectivity index (χ2v) is 8.80. The van der Waals surface area contributed by atoms with E-state index in [4.69, 9.17) is 16.3 Å². The lowest BCUT2D eigenvalue weighted by Crippen LogP contribution is -2.59. The fourth-order valence-electron chi connectivity index (χ4n) is 4.55. The summed E-state index contributed by atoms with van der Waals surface area (Å²) in [5.41, 5.74) is 2.86. The number of carbonyl (C=O) groups is 3. The number of anilines is 1. The predicted molar refractivity (Wildman–Crippen MR) is 128 cm³/mol. The first-order valence-corrected chi connectivity index (χ1v) is 11.3. The summed E-state index contributed by atoms with van der Waals surface area (Å²) in [7, 11) is 3.37. The molecule has 174 valence electrons. The molecular weight excluding hydrogens is 456 g/mol. The molecule has 2 aliphatic rings. The summed E-state index contributed by atoms with van der Waals surface area (Å²) in [5.74, 6) is -0.110. The van der Waals surface area contributed by atoms with Gasteiger partial charge in [-0.2, -0.15) is 0 Å². The van der Waals surface area contributed by atoms with Gasteiger partial charge in [0.2, 0.25) is 5.91 Å². The van der Waals surface area contributed by atoms with Crippen molar-refractivity contribution in [2.24, 2.45) is 7.05 Å². The van der Waals surface area contributed by atoms with E-state index in [0.29, 0.717) is 34.3 Å². The average molecular weight is 479 g/mol. The lowest BCUT2D eigenvalue weighted by Gasteiger charge is -2.39. The second kappa shape index (κ2) is 8.53. The Labute approximate surface area is 201 Å². The Morgan fingerprint density at radius 3 is 2.65 bits per heavy atom. The van der Waals surface area contributed by atoms with Crippen LogP contribution in [0.4, 0.5) is 5.69 Å². The Hall–Kier alpha value is -3.78. The average Bonchev–Trinajstić information content (AvgIpc) is 3.24. The molecule has 1 N–H and O–H groups in total. The third kappa shape index (κ3) is 3.70. The van der Waals surface area contributed by atoms with Crippen LogP contribution in [0.25, 0.3) is 11.1 Å². The SMILES string of the molecule is COc1ccc(Cl)cc1-c1ccc2c(c1)C(=O)N1CCN(C(=O)c3cccn3C)CC1C(=O)N2. The first kappa shape index (κ1) is 22.0. The monoisotopic (exact) mass is 478 g/mol. The van der Waals surface area contributed by atoms with Crippen LogP contribution >= 0.6 is 11.6 Å². The number of amides is 3. The summed E-state index contributed by atoms with van der Waals surface area (Å²) in [6.45, 7) is 0.735. The third-order valence-electron chi connectivity index (χ3n) is 6.37. The van der Waals surface area contributed by atoms with Crippen molar-refractivity contribution < 1.29 is 19.1 Å². The number of carbonyl (C=O) groups excluding carboxylic acids is 3. The highest BCUT2D eigenvalue weighted by atomic mass is 35.5. The lowest BCUT2D eigenvalue weighted by atomic mass is 10.00. The van der Waals surface area contributed by atoms with Crippen molar-refractivity contribution in [2.75, 3.05) is 32.1 Å². The Morgan fingerprint density at radius 2 is 1.91 bits per heavy atom. The Balaban J connectivity index is 1.46. The van der Waals surface area contributed by atoms with Gasteiger partial charge < -0.3 is 24.4 Å². The van der Waals surface area contributed by atoms with Gasteiger partial charge in [-0.25, -0.2) is 0 Å². The number of ether oxygens (including phenoxy) is 1. The van der Waals surface area contributed by atoms with Crippen molar-refractivity contribution in [3.8, 4) is 16.9 Å². The van der Waals surface area contributed by atoms with Crippen LogP contribution in [0.15, 0.2) is 54.7 Å². The zero-order valence-electron chi connectivity index (χ0n) is 18.7. The number of aryl methyl sites for hydroxylation is 1. The maximum Gasteiger partial charge on any atom is 0.270 e. The predicted octanol–water partition coefficient (Wildman–Crippen LogP) is 3.27. The number of nitrogens with one attached hydrogen (secondary N) is 1. The van der Waals surface area contributed by atoms with E-state index in [-0.39, 0.29) is 30.8 Å². The molecule has 2 aromatic carbocycles. The molecule has 1 saturated heterocycles. The van der Waals surface area contributed by atoms with Crippen LogP contribution in [-0.2, 0) is 11.8 Å². The van der Waals surface area contributed by atoms with Gasteiger partial charge in [-0.3, -0.25) is 14.4 Å². The minimum atomic E-state index is -0.776. The number of fused-ring (bicyclic) bond motifs is 2. The van der Waals surface area contributed by atoms with E-state index in [1.54, 1.807) is 77.2 Å². The summed E-state index contributed by atoms with van der Waals surface area (Å²) in [6, 6.07) is 13.3. The van der Waals surface area contributed by atoms with Crippen LogP contribution in [0.2, 0.25) is 5.02 Å². The molecule has 1 atom stereocenters. The molecule has 3 amide bonds. The molecule has 34 heavy (non-hydrogen) atoms. The molecule has 3 aromatic rings. The Kier molecular flexibility index (Phi) is 5.53. The van der Waals surface area contributed by atoms with Gasteiger partial charge in [0.25, 0.3) is 11.8 Å². The third-order valence-corrected chi connectivity index (χ3v) is 6.61. The van der Waals surface area contributed by atoms with Crippen molar-refractivity contribution in [3.63, 3.8) is 0 Å². The van der Waals surface area contributed by atoms with Crippen LogP contribution in [0, 0.1) is 0 Å². The highest BCUT2D eigenvalue weighted by Gasteiger charge is 2.40. The first-order valence-electron chi connectivity index (χ1n) is 10.9. The molecule has 1 unspecified atom stereocenters. The minimum absolute atomic E-state index is 0.130. The number of rotatable bonds is 3.